The minimum atomic E-state index is 0.775. The molecule has 0 aromatic heterocycles. The average Bonchev–Trinajstić information content (AvgIpc) is 1.98. The van der Waals surface area contributed by atoms with Crippen LogP contribution in [0.15, 0.2) is 12.7 Å². The van der Waals surface area contributed by atoms with Gasteiger partial charge in [0, 0.05) is 0 Å². The maximum atomic E-state index is 3.70. The summed E-state index contributed by atoms with van der Waals surface area (Å²) >= 11 is 0. The van der Waals surface area contributed by atoms with Crippen LogP contribution in [0, 0.1) is 12.3 Å². The number of hydrogen-bond acceptors (Lipinski definition) is 0. The van der Waals surface area contributed by atoms with Gasteiger partial charge in [0.15, 0.2) is 0 Å². The summed E-state index contributed by atoms with van der Waals surface area (Å²) < 4.78 is 0. The minimum absolute atomic E-state index is 0.775. The quantitative estimate of drug-likeness (QED) is 0.527. The van der Waals surface area contributed by atoms with E-state index in [9.17, 15) is 0 Å². The highest BCUT2D eigenvalue weighted by atomic mass is 14.1. The summed E-state index contributed by atoms with van der Waals surface area (Å²) in [5.74, 6) is 0.775. The molecule has 0 aliphatic rings. The first-order chi connectivity index (χ1) is 4.85. The molecule has 0 N–H and O–H groups in total. The molecule has 59 valence electrons. The van der Waals surface area contributed by atoms with E-state index in [2.05, 4.69) is 26.8 Å². The standard InChI is InChI=1S/C10H19/c1-4-7-9-10(6-3)8-5-2/h5,8,10H,2,4,6-7,9H2,1,3H3. The van der Waals surface area contributed by atoms with Crippen LogP contribution in [0.2, 0.25) is 0 Å². The van der Waals surface area contributed by atoms with E-state index in [0.717, 1.165) is 5.92 Å². The van der Waals surface area contributed by atoms with Gasteiger partial charge in [0.25, 0.3) is 0 Å². The van der Waals surface area contributed by atoms with Crippen molar-refractivity contribution in [3.05, 3.63) is 19.1 Å². The SMILES string of the molecule is C=C[CH]C(CC)CCCC. The first-order valence-electron chi connectivity index (χ1n) is 4.31. The normalized spacial score (nSPS) is 13.0. The number of hydrogen-bond donors (Lipinski definition) is 0. The van der Waals surface area contributed by atoms with Crippen LogP contribution in [0.4, 0.5) is 0 Å². The van der Waals surface area contributed by atoms with E-state index in [1.807, 2.05) is 6.08 Å². The van der Waals surface area contributed by atoms with Crippen molar-refractivity contribution in [2.45, 2.75) is 39.5 Å². The van der Waals surface area contributed by atoms with Gasteiger partial charge in [0.1, 0.15) is 0 Å². The van der Waals surface area contributed by atoms with Crippen LogP contribution in [0.5, 0.6) is 0 Å². The van der Waals surface area contributed by atoms with Crippen LogP contribution < -0.4 is 0 Å². The zero-order chi connectivity index (χ0) is 7.82. The summed E-state index contributed by atoms with van der Waals surface area (Å²) in [4.78, 5) is 0. The van der Waals surface area contributed by atoms with Gasteiger partial charge < -0.3 is 0 Å². The van der Waals surface area contributed by atoms with Crippen molar-refractivity contribution in [3.63, 3.8) is 0 Å². The monoisotopic (exact) mass is 139 g/mol. The predicted octanol–water partition coefficient (Wildman–Crippen LogP) is 3.59. The minimum Gasteiger partial charge on any atom is -0.103 e. The molecule has 0 bridgehead atoms. The molecule has 1 unspecified atom stereocenters. The Morgan fingerprint density at radius 1 is 1.40 bits per heavy atom. The van der Waals surface area contributed by atoms with Gasteiger partial charge in [-0.15, -0.1) is 6.58 Å². The van der Waals surface area contributed by atoms with Gasteiger partial charge in [-0.3, -0.25) is 0 Å². The third kappa shape index (κ3) is 4.60. The fourth-order valence-electron chi connectivity index (χ4n) is 1.10. The zero-order valence-corrected chi connectivity index (χ0v) is 7.27. The molecule has 0 heterocycles. The second-order valence-corrected chi connectivity index (χ2v) is 2.74. The van der Waals surface area contributed by atoms with E-state index in [4.69, 9.17) is 0 Å². The third-order valence-electron chi connectivity index (χ3n) is 1.86. The molecule has 0 spiro atoms. The van der Waals surface area contributed by atoms with Crippen molar-refractivity contribution < 1.29 is 0 Å². The van der Waals surface area contributed by atoms with Gasteiger partial charge in [-0.2, -0.15) is 0 Å². The van der Waals surface area contributed by atoms with Crippen molar-refractivity contribution in [1.29, 1.82) is 0 Å². The van der Waals surface area contributed by atoms with Crippen LogP contribution in [-0.2, 0) is 0 Å². The fraction of sp³-hybridized carbons (Fsp3) is 0.700. The van der Waals surface area contributed by atoms with Crippen molar-refractivity contribution in [2.24, 2.45) is 5.92 Å². The van der Waals surface area contributed by atoms with Crippen molar-refractivity contribution in [1.82, 2.24) is 0 Å². The smallest absolute Gasteiger partial charge is 0.0142 e. The van der Waals surface area contributed by atoms with Crippen LogP contribution in [0.1, 0.15) is 39.5 Å². The lowest BCUT2D eigenvalue weighted by Gasteiger charge is -2.09. The number of allylic oxidation sites excluding steroid dienone is 1. The molecule has 1 radical (unpaired) electrons. The Hall–Kier alpha value is -0.260. The molecular weight excluding hydrogens is 120 g/mol. The van der Waals surface area contributed by atoms with Crippen molar-refractivity contribution in [3.8, 4) is 0 Å². The number of rotatable bonds is 6. The molecule has 1 atom stereocenters. The van der Waals surface area contributed by atoms with Gasteiger partial charge >= 0.3 is 0 Å². The van der Waals surface area contributed by atoms with Gasteiger partial charge in [-0.25, -0.2) is 0 Å². The highest BCUT2D eigenvalue weighted by Crippen LogP contribution is 2.15. The molecule has 0 aliphatic heterocycles. The van der Waals surface area contributed by atoms with Crippen LogP contribution >= 0.6 is 0 Å². The molecule has 0 aromatic carbocycles. The molecular formula is C10H19. The molecule has 0 heteroatoms. The second kappa shape index (κ2) is 6.85. The van der Waals surface area contributed by atoms with E-state index in [1.54, 1.807) is 0 Å². The topological polar surface area (TPSA) is 0 Å². The highest BCUT2D eigenvalue weighted by Gasteiger charge is 2.01. The van der Waals surface area contributed by atoms with Gasteiger partial charge in [0.05, 0.1) is 0 Å². The lowest BCUT2D eigenvalue weighted by atomic mass is 9.96. The maximum absolute atomic E-state index is 3.70. The number of unbranched alkanes of at least 4 members (excludes halogenated alkanes) is 1. The largest absolute Gasteiger partial charge is 0.103 e. The summed E-state index contributed by atoms with van der Waals surface area (Å²) in [5, 5.41) is 0. The van der Waals surface area contributed by atoms with Crippen molar-refractivity contribution >= 4 is 0 Å². The lowest BCUT2D eigenvalue weighted by molar-refractivity contribution is 0.519. The van der Waals surface area contributed by atoms with E-state index in [-0.39, 0.29) is 0 Å². The Labute approximate surface area is 65.3 Å². The van der Waals surface area contributed by atoms with Gasteiger partial charge in [-0.1, -0.05) is 39.2 Å². The van der Waals surface area contributed by atoms with Crippen LogP contribution in [0.25, 0.3) is 0 Å². The van der Waals surface area contributed by atoms with E-state index < -0.39 is 0 Å². The van der Waals surface area contributed by atoms with Crippen LogP contribution in [-0.4, -0.2) is 0 Å². The molecule has 0 fully saturated rings. The van der Waals surface area contributed by atoms with Crippen molar-refractivity contribution in [2.75, 3.05) is 0 Å². The summed E-state index contributed by atoms with van der Waals surface area (Å²) in [7, 11) is 0. The Morgan fingerprint density at radius 3 is 2.50 bits per heavy atom. The molecule has 0 aromatic rings. The Morgan fingerprint density at radius 2 is 2.10 bits per heavy atom. The van der Waals surface area contributed by atoms with Gasteiger partial charge in [-0.05, 0) is 18.8 Å². The fourth-order valence-corrected chi connectivity index (χ4v) is 1.10. The summed E-state index contributed by atoms with van der Waals surface area (Å²) in [6, 6.07) is 0. The summed E-state index contributed by atoms with van der Waals surface area (Å²) in [6.45, 7) is 8.17. The summed E-state index contributed by atoms with van der Waals surface area (Å²) in [6.07, 6.45) is 9.38. The first-order valence-corrected chi connectivity index (χ1v) is 4.31. The average molecular weight is 139 g/mol. The van der Waals surface area contributed by atoms with E-state index in [1.165, 1.54) is 25.7 Å². The van der Waals surface area contributed by atoms with E-state index >= 15 is 0 Å². The molecule has 0 aliphatic carbocycles. The third-order valence-corrected chi connectivity index (χ3v) is 1.86. The lowest BCUT2D eigenvalue weighted by Crippen LogP contribution is -1.96. The Bertz CT molecular complexity index is 74.1. The molecule has 10 heavy (non-hydrogen) atoms. The molecule has 0 amide bonds. The molecule has 0 nitrogen and oxygen atoms in total. The molecule has 0 saturated heterocycles. The Balaban J connectivity index is 3.29. The Kier molecular flexibility index (Phi) is 6.68. The highest BCUT2D eigenvalue weighted by molar-refractivity contribution is 4.91. The predicted molar refractivity (Wildman–Crippen MR) is 47.8 cm³/mol. The molecule has 0 rings (SSSR count). The van der Waals surface area contributed by atoms with Gasteiger partial charge in [0.2, 0.25) is 0 Å². The zero-order valence-electron chi connectivity index (χ0n) is 7.27. The second-order valence-electron chi connectivity index (χ2n) is 2.74. The summed E-state index contributed by atoms with van der Waals surface area (Å²) in [5.41, 5.74) is 0. The van der Waals surface area contributed by atoms with E-state index in [0.29, 0.717) is 0 Å². The first kappa shape index (κ1) is 9.74. The van der Waals surface area contributed by atoms with Crippen LogP contribution in [0.3, 0.4) is 0 Å². The maximum Gasteiger partial charge on any atom is -0.0142 e. The molecule has 0 saturated carbocycles.